The normalized spacial score (nSPS) is 11.4. The summed E-state index contributed by atoms with van der Waals surface area (Å²) >= 11 is 1.57. The van der Waals surface area contributed by atoms with E-state index in [4.69, 9.17) is 9.72 Å². The number of methoxy groups -OCH3 is 1. The van der Waals surface area contributed by atoms with Crippen LogP contribution in [0.15, 0.2) is 42.5 Å². The first-order valence-electron chi connectivity index (χ1n) is 11.6. The number of fused-ring (bicyclic) bond motifs is 1. The molecule has 0 saturated heterocycles. The third-order valence-electron chi connectivity index (χ3n) is 6.05. The Morgan fingerprint density at radius 2 is 1.94 bits per heavy atom. The number of hydrogen-bond acceptors (Lipinski definition) is 5. The predicted octanol–water partition coefficient (Wildman–Crippen LogP) is 5.83. The third-order valence-corrected chi connectivity index (χ3v) is 7.09. The Hall–Kier alpha value is -3.19. The quantitative estimate of drug-likeness (QED) is 0.321. The molecule has 0 spiro atoms. The second-order valence-corrected chi connectivity index (χ2v) is 10.0. The number of para-hydroxylation sites is 1. The summed E-state index contributed by atoms with van der Waals surface area (Å²) in [4.78, 5) is 20.4. The van der Waals surface area contributed by atoms with E-state index < -0.39 is 0 Å². The molecule has 0 aliphatic carbocycles. The first-order chi connectivity index (χ1) is 16.3. The fraction of sp³-hybridized carbons (Fsp3) is 0.370. The molecule has 0 saturated carbocycles. The molecule has 0 aliphatic heterocycles. The summed E-state index contributed by atoms with van der Waals surface area (Å²) in [5.41, 5.74) is 6.23. The van der Waals surface area contributed by atoms with Gasteiger partial charge in [0.15, 0.2) is 5.13 Å². The molecule has 0 atom stereocenters. The average molecular weight is 477 g/mol. The van der Waals surface area contributed by atoms with Crippen molar-refractivity contribution in [3.05, 3.63) is 70.5 Å². The Bertz CT molecular complexity index is 1320. The number of rotatable bonds is 8. The first kappa shape index (κ1) is 24.0. The summed E-state index contributed by atoms with van der Waals surface area (Å²) in [6, 6.07) is 14.2. The maximum atomic E-state index is 13.6. The molecule has 0 fully saturated rings. The standard InChI is InChI=1S/C27H32N4O2S/c1-17(2)22-8-7-9-24-26(22)28-27(34-24)30(12-13-31-20(5)15-19(4)29-31)25(32)16-21-10-11-23(33-6)18(3)14-21/h7-11,14-15,17H,12-13,16H2,1-6H3. The first-order valence-corrected chi connectivity index (χ1v) is 12.4. The van der Waals surface area contributed by atoms with Gasteiger partial charge in [0.1, 0.15) is 5.75 Å². The topological polar surface area (TPSA) is 60.2 Å². The number of ether oxygens (including phenoxy) is 1. The molecular formula is C27H32N4O2S. The summed E-state index contributed by atoms with van der Waals surface area (Å²) < 4.78 is 8.43. The lowest BCUT2D eigenvalue weighted by molar-refractivity contribution is -0.118. The van der Waals surface area contributed by atoms with E-state index >= 15 is 0 Å². The largest absolute Gasteiger partial charge is 0.496 e. The molecule has 0 radical (unpaired) electrons. The van der Waals surface area contributed by atoms with Gasteiger partial charge in [0.2, 0.25) is 5.91 Å². The van der Waals surface area contributed by atoms with E-state index in [1.165, 1.54) is 5.56 Å². The number of carbonyl (C=O) groups is 1. The van der Waals surface area contributed by atoms with Gasteiger partial charge in [-0.2, -0.15) is 5.10 Å². The molecule has 4 rings (SSSR count). The molecule has 0 unspecified atom stereocenters. The van der Waals surface area contributed by atoms with Crippen molar-refractivity contribution < 1.29 is 9.53 Å². The van der Waals surface area contributed by atoms with Gasteiger partial charge in [-0.15, -0.1) is 0 Å². The molecule has 6 nitrogen and oxygen atoms in total. The summed E-state index contributed by atoms with van der Waals surface area (Å²) in [5.74, 6) is 1.21. The minimum absolute atomic E-state index is 0.0243. The molecule has 2 aromatic carbocycles. The summed E-state index contributed by atoms with van der Waals surface area (Å²) in [6.07, 6.45) is 0.301. The van der Waals surface area contributed by atoms with Crippen LogP contribution >= 0.6 is 11.3 Å². The van der Waals surface area contributed by atoms with Crippen LogP contribution in [0.1, 0.15) is 47.8 Å². The van der Waals surface area contributed by atoms with Crippen LogP contribution in [0.2, 0.25) is 0 Å². The van der Waals surface area contributed by atoms with Gasteiger partial charge in [0.05, 0.1) is 36.0 Å². The number of thiazole rings is 1. The van der Waals surface area contributed by atoms with Crippen molar-refractivity contribution in [3.8, 4) is 5.75 Å². The van der Waals surface area contributed by atoms with Crippen molar-refractivity contribution in [2.24, 2.45) is 0 Å². The van der Waals surface area contributed by atoms with Crippen LogP contribution in [0, 0.1) is 20.8 Å². The molecule has 1 amide bonds. The van der Waals surface area contributed by atoms with Crippen molar-refractivity contribution >= 4 is 32.6 Å². The Balaban J connectivity index is 1.67. The lowest BCUT2D eigenvalue weighted by atomic mass is 10.0. The van der Waals surface area contributed by atoms with Crippen LogP contribution in [0.3, 0.4) is 0 Å². The van der Waals surface area contributed by atoms with E-state index in [2.05, 4.69) is 43.2 Å². The number of hydrogen-bond donors (Lipinski definition) is 0. The summed E-state index contributed by atoms with van der Waals surface area (Å²) in [6.45, 7) is 11.5. The van der Waals surface area contributed by atoms with Gasteiger partial charge in [-0.1, -0.05) is 49.4 Å². The highest BCUT2D eigenvalue weighted by Crippen LogP contribution is 2.34. The predicted molar refractivity (Wildman–Crippen MR) is 139 cm³/mol. The molecule has 34 heavy (non-hydrogen) atoms. The van der Waals surface area contributed by atoms with Gasteiger partial charge in [0.25, 0.3) is 0 Å². The monoisotopic (exact) mass is 476 g/mol. The van der Waals surface area contributed by atoms with E-state index in [-0.39, 0.29) is 5.91 Å². The number of aromatic nitrogens is 3. The Morgan fingerprint density at radius 3 is 2.59 bits per heavy atom. The van der Waals surface area contributed by atoms with Gasteiger partial charge in [0, 0.05) is 12.2 Å². The van der Waals surface area contributed by atoms with Gasteiger partial charge >= 0.3 is 0 Å². The van der Waals surface area contributed by atoms with Crippen molar-refractivity contribution in [2.75, 3.05) is 18.6 Å². The molecule has 2 aromatic heterocycles. The fourth-order valence-electron chi connectivity index (χ4n) is 4.28. The smallest absolute Gasteiger partial charge is 0.233 e. The lowest BCUT2D eigenvalue weighted by Crippen LogP contribution is -2.35. The maximum absolute atomic E-state index is 13.6. The molecule has 0 aliphatic rings. The lowest BCUT2D eigenvalue weighted by Gasteiger charge is -2.21. The maximum Gasteiger partial charge on any atom is 0.233 e. The Labute approximate surface area is 205 Å². The van der Waals surface area contributed by atoms with Crippen LogP contribution in [0.4, 0.5) is 5.13 Å². The highest BCUT2D eigenvalue weighted by Gasteiger charge is 2.22. The van der Waals surface area contributed by atoms with E-state index in [9.17, 15) is 4.79 Å². The van der Waals surface area contributed by atoms with Crippen molar-refractivity contribution in [2.45, 2.75) is 53.5 Å². The Morgan fingerprint density at radius 1 is 1.15 bits per heavy atom. The fourth-order valence-corrected chi connectivity index (χ4v) is 5.33. The van der Waals surface area contributed by atoms with Gasteiger partial charge in [-0.25, -0.2) is 4.98 Å². The van der Waals surface area contributed by atoms with Crippen LogP contribution in [-0.4, -0.2) is 34.3 Å². The van der Waals surface area contributed by atoms with E-state index in [1.807, 2.05) is 48.6 Å². The Kier molecular flexibility index (Phi) is 7.03. The van der Waals surface area contributed by atoms with Crippen molar-refractivity contribution in [3.63, 3.8) is 0 Å². The third kappa shape index (κ3) is 4.99. The van der Waals surface area contributed by atoms with E-state index in [1.54, 1.807) is 18.4 Å². The van der Waals surface area contributed by atoms with Gasteiger partial charge < -0.3 is 4.74 Å². The number of benzene rings is 2. The number of nitrogens with zero attached hydrogens (tertiary/aromatic N) is 4. The van der Waals surface area contributed by atoms with E-state index in [0.717, 1.165) is 43.6 Å². The van der Waals surface area contributed by atoms with Crippen molar-refractivity contribution in [1.82, 2.24) is 14.8 Å². The zero-order chi connectivity index (χ0) is 24.4. The molecular weight excluding hydrogens is 444 g/mol. The van der Waals surface area contributed by atoms with E-state index in [0.29, 0.717) is 25.4 Å². The van der Waals surface area contributed by atoms with Crippen LogP contribution in [0.5, 0.6) is 5.75 Å². The highest BCUT2D eigenvalue weighted by atomic mass is 32.1. The summed E-state index contributed by atoms with van der Waals surface area (Å²) in [5, 5.41) is 5.31. The average Bonchev–Trinajstić information content (AvgIpc) is 3.35. The molecule has 0 bridgehead atoms. The number of carbonyl (C=O) groups excluding carboxylic acids is 1. The molecule has 4 aromatic rings. The minimum Gasteiger partial charge on any atom is -0.496 e. The van der Waals surface area contributed by atoms with Crippen LogP contribution in [-0.2, 0) is 17.8 Å². The zero-order valence-electron chi connectivity index (χ0n) is 20.8. The SMILES string of the molecule is COc1ccc(CC(=O)N(CCn2nc(C)cc2C)c2nc3c(C(C)C)cccc3s2)cc1C. The second kappa shape index (κ2) is 9.97. The highest BCUT2D eigenvalue weighted by molar-refractivity contribution is 7.22. The summed E-state index contributed by atoms with van der Waals surface area (Å²) in [7, 11) is 1.66. The van der Waals surface area contributed by atoms with Gasteiger partial charge in [-0.3, -0.25) is 14.4 Å². The second-order valence-electron chi connectivity index (χ2n) is 9.02. The van der Waals surface area contributed by atoms with Crippen LogP contribution < -0.4 is 9.64 Å². The number of aryl methyl sites for hydroxylation is 3. The van der Waals surface area contributed by atoms with Crippen LogP contribution in [0.25, 0.3) is 10.2 Å². The number of amides is 1. The zero-order valence-corrected chi connectivity index (χ0v) is 21.6. The molecule has 7 heteroatoms. The number of anilines is 1. The van der Waals surface area contributed by atoms with Crippen molar-refractivity contribution in [1.29, 1.82) is 0 Å². The molecule has 0 N–H and O–H groups in total. The minimum atomic E-state index is 0.0243. The molecule has 178 valence electrons. The molecule has 2 heterocycles. The van der Waals surface area contributed by atoms with Gasteiger partial charge in [-0.05, 0) is 61.6 Å².